The second kappa shape index (κ2) is 17.4. The molecule has 0 saturated heterocycles. The molecule has 0 aliphatic rings. The maximum Gasteiger partial charge on any atom is 0.307 e. The Morgan fingerprint density at radius 1 is 1.14 bits per heavy atom. The molecule has 44 heavy (non-hydrogen) atoms. The molecule has 7 heteroatoms. The van der Waals surface area contributed by atoms with Gasteiger partial charge in [0, 0.05) is 24.3 Å². The summed E-state index contributed by atoms with van der Waals surface area (Å²) in [4.78, 5) is 42.2. The Kier molecular flexibility index (Phi) is 14.4. The van der Waals surface area contributed by atoms with Crippen molar-refractivity contribution in [2.75, 3.05) is 27.2 Å². The van der Waals surface area contributed by atoms with Gasteiger partial charge in [-0.3, -0.25) is 14.4 Å². The molecule has 1 amide bonds. The third-order valence-electron chi connectivity index (χ3n) is 7.52. The molecule has 0 fully saturated rings. The first-order valence-electron chi connectivity index (χ1n) is 15.5. The number of carbonyl (C=O) groups excluding carboxylic acids is 2. The minimum absolute atomic E-state index is 0.000844. The third kappa shape index (κ3) is 11.0. The summed E-state index contributed by atoms with van der Waals surface area (Å²) >= 11 is 0. The van der Waals surface area contributed by atoms with Crippen LogP contribution in [0.3, 0.4) is 0 Å². The molecule has 2 rings (SSSR count). The number of hydrogen-bond acceptors (Lipinski definition) is 5. The van der Waals surface area contributed by atoms with Crippen molar-refractivity contribution >= 4 is 17.4 Å². The number of esters is 1. The van der Waals surface area contributed by atoms with Crippen molar-refractivity contribution in [2.24, 2.45) is 5.92 Å². The van der Waals surface area contributed by atoms with Gasteiger partial charge in [0.2, 0.25) is 5.91 Å². The zero-order chi connectivity index (χ0) is 33.0. The molecule has 2 aromatic rings. The van der Waals surface area contributed by atoms with Gasteiger partial charge < -0.3 is 19.5 Å². The molecule has 238 valence electrons. The van der Waals surface area contributed by atoms with E-state index in [1.165, 1.54) is 0 Å². The van der Waals surface area contributed by atoms with Crippen LogP contribution in [-0.2, 0) is 20.7 Å². The number of aryl methyl sites for hydroxylation is 3. The van der Waals surface area contributed by atoms with Crippen LogP contribution < -0.4 is 10.9 Å². The molecule has 0 aliphatic carbocycles. The van der Waals surface area contributed by atoms with E-state index in [4.69, 9.17) is 11.2 Å². The lowest BCUT2D eigenvalue weighted by Crippen LogP contribution is -2.44. The Morgan fingerprint density at radius 2 is 1.80 bits per heavy atom. The summed E-state index contributed by atoms with van der Waals surface area (Å²) < 4.78 is 6.84. The Morgan fingerprint density at radius 3 is 2.36 bits per heavy atom. The van der Waals surface area contributed by atoms with Crippen LogP contribution in [-0.4, -0.2) is 54.6 Å². The first-order valence-corrected chi connectivity index (χ1v) is 15.5. The minimum atomic E-state index is -0.726. The molecular weight excluding hydrogens is 550 g/mol. The second-order valence-corrected chi connectivity index (χ2v) is 12.3. The zero-order valence-electron chi connectivity index (χ0n) is 28.1. The SMILES string of the molecule is C#C/C(C)=C\C(=C/C[C@H](CC(=O)OCC)NC(=O)C(CC(C)C)n1cc(CCN(C)C)cc(C)c1=O)c1c(C)cccc1C. The van der Waals surface area contributed by atoms with Gasteiger partial charge in [0.15, 0.2) is 0 Å². The molecule has 1 heterocycles. The maximum atomic E-state index is 14.0. The van der Waals surface area contributed by atoms with Crippen LogP contribution in [0.4, 0.5) is 0 Å². The van der Waals surface area contributed by atoms with E-state index in [0.29, 0.717) is 18.4 Å². The number of carbonyl (C=O) groups is 2. The summed E-state index contributed by atoms with van der Waals surface area (Å²) in [6.07, 6.45) is 13.1. The average Bonchev–Trinajstić information content (AvgIpc) is 2.94. The summed E-state index contributed by atoms with van der Waals surface area (Å²) in [6.45, 7) is 14.7. The number of pyridine rings is 1. The van der Waals surface area contributed by atoms with Crippen LogP contribution >= 0.6 is 0 Å². The number of rotatable bonds is 15. The van der Waals surface area contributed by atoms with E-state index in [2.05, 4.69) is 42.1 Å². The van der Waals surface area contributed by atoms with E-state index in [0.717, 1.165) is 46.4 Å². The molecule has 1 aromatic heterocycles. The summed E-state index contributed by atoms with van der Waals surface area (Å²) in [7, 11) is 4.01. The lowest BCUT2D eigenvalue weighted by Gasteiger charge is -2.26. The number of ether oxygens (including phenoxy) is 1. The standard InChI is InChI=1S/C37H51N3O4/c1-11-26(5)21-31(35-27(6)14-13-15-28(35)7)16-17-32(23-34(41)44-12-2)38-36(42)33(20-25(3)4)40-24-30(18-19-39(9)10)22-29(8)37(40)43/h1,13-16,21-22,24-25,32-33H,12,17-20,23H2,2-10H3,(H,38,42)/b26-21-,31-16+/t32-,33?/m1/s1. The van der Waals surface area contributed by atoms with E-state index in [9.17, 15) is 14.4 Å². The number of amides is 1. The highest BCUT2D eigenvalue weighted by atomic mass is 16.5. The highest BCUT2D eigenvalue weighted by molar-refractivity contribution is 5.82. The number of likely N-dealkylation sites (N-methyl/N-ethyl adjacent to an activating group) is 1. The molecule has 0 spiro atoms. The molecule has 1 N–H and O–H groups in total. The number of hydrogen-bond donors (Lipinski definition) is 1. The summed E-state index contributed by atoms with van der Waals surface area (Å²) in [5, 5.41) is 3.12. The van der Waals surface area contributed by atoms with Crippen molar-refractivity contribution in [1.29, 1.82) is 0 Å². The van der Waals surface area contributed by atoms with Gasteiger partial charge in [-0.15, -0.1) is 6.42 Å². The summed E-state index contributed by atoms with van der Waals surface area (Å²) in [6, 6.07) is 6.74. The minimum Gasteiger partial charge on any atom is -0.466 e. The molecule has 0 radical (unpaired) electrons. The van der Waals surface area contributed by atoms with E-state index in [1.807, 2.05) is 65.3 Å². The first kappa shape index (κ1) is 36.3. The first-order chi connectivity index (χ1) is 20.8. The van der Waals surface area contributed by atoms with Gasteiger partial charge in [-0.2, -0.15) is 0 Å². The van der Waals surface area contributed by atoms with Crippen molar-refractivity contribution in [1.82, 2.24) is 14.8 Å². The fraction of sp³-hybridized carbons (Fsp3) is 0.486. The summed E-state index contributed by atoms with van der Waals surface area (Å²) in [5.74, 6) is 2.16. The lowest BCUT2D eigenvalue weighted by atomic mass is 9.92. The number of nitrogens with zero attached hydrogens (tertiary/aromatic N) is 2. The molecular formula is C37H51N3O4. The van der Waals surface area contributed by atoms with E-state index < -0.39 is 18.1 Å². The quantitative estimate of drug-likeness (QED) is 0.155. The number of aromatic nitrogens is 1. The molecule has 7 nitrogen and oxygen atoms in total. The van der Waals surface area contributed by atoms with Crippen LogP contribution in [0.5, 0.6) is 0 Å². The van der Waals surface area contributed by atoms with Crippen molar-refractivity contribution in [3.05, 3.63) is 86.4 Å². The highest BCUT2D eigenvalue weighted by Gasteiger charge is 2.27. The van der Waals surface area contributed by atoms with Crippen LogP contribution in [0.25, 0.3) is 5.57 Å². The smallest absolute Gasteiger partial charge is 0.307 e. The van der Waals surface area contributed by atoms with E-state index in [-0.39, 0.29) is 30.4 Å². The van der Waals surface area contributed by atoms with Crippen molar-refractivity contribution < 1.29 is 14.3 Å². The van der Waals surface area contributed by atoms with Crippen LogP contribution in [0.1, 0.15) is 80.8 Å². The second-order valence-electron chi connectivity index (χ2n) is 12.3. The van der Waals surface area contributed by atoms with Crippen LogP contribution in [0.2, 0.25) is 0 Å². The number of terminal acetylenes is 1. The van der Waals surface area contributed by atoms with Gasteiger partial charge in [-0.25, -0.2) is 0 Å². The fourth-order valence-electron chi connectivity index (χ4n) is 5.29. The molecule has 1 unspecified atom stereocenters. The van der Waals surface area contributed by atoms with Crippen LogP contribution in [0, 0.1) is 39.0 Å². The van der Waals surface area contributed by atoms with Crippen molar-refractivity contribution in [3.63, 3.8) is 0 Å². The van der Waals surface area contributed by atoms with Gasteiger partial charge in [0.1, 0.15) is 6.04 Å². The predicted molar refractivity (Wildman–Crippen MR) is 180 cm³/mol. The molecule has 2 atom stereocenters. The lowest BCUT2D eigenvalue weighted by molar-refractivity contribution is -0.143. The van der Waals surface area contributed by atoms with Crippen molar-refractivity contribution in [2.45, 2.75) is 86.2 Å². The summed E-state index contributed by atoms with van der Waals surface area (Å²) in [5.41, 5.74) is 6.38. The van der Waals surface area contributed by atoms with Crippen molar-refractivity contribution in [3.8, 4) is 12.3 Å². The number of benzene rings is 1. The third-order valence-corrected chi connectivity index (χ3v) is 7.52. The molecule has 0 saturated carbocycles. The highest BCUT2D eigenvalue weighted by Crippen LogP contribution is 2.27. The average molecular weight is 602 g/mol. The normalized spacial score (nSPS) is 13.5. The van der Waals surface area contributed by atoms with Gasteiger partial charge in [0.25, 0.3) is 5.56 Å². The predicted octanol–water partition coefficient (Wildman–Crippen LogP) is 5.96. The fourth-order valence-corrected chi connectivity index (χ4v) is 5.29. The Labute approximate surface area is 264 Å². The molecule has 1 aromatic carbocycles. The van der Waals surface area contributed by atoms with Gasteiger partial charge in [0.05, 0.1) is 13.0 Å². The number of nitrogens with one attached hydrogen (secondary N) is 1. The molecule has 0 aliphatic heterocycles. The van der Waals surface area contributed by atoms with Gasteiger partial charge in [-0.1, -0.05) is 44.0 Å². The largest absolute Gasteiger partial charge is 0.466 e. The van der Waals surface area contributed by atoms with Gasteiger partial charge >= 0.3 is 5.97 Å². The Bertz CT molecular complexity index is 1440. The van der Waals surface area contributed by atoms with Gasteiger partial charge in [-0.05, 0) is 119 Å². The molecule has 0 bridgehead atoms. The van der Waals surface area contributed by atoms with Crippen LogP contribution in [0.15, 0.2) is 53.0 Å². The topological polar surface area (TPSA) is 80.6 Å². The zero-order valence-corrected chi connectivity index (χ0v) is 28.1. The maximum absolute atomic E-state index is 14.0. The Hall–Kier alpha value is -3.89. The monoisotopic (exact) mass is 601 g/mol. The van der Waals surface area contributed by atoms with E-state index >= 15 is 0 Å². The van der Waals surface area contributed by atoms with E-state index in [1.54, 1.807) is 18.4 Å². The number of allylic oxidation sites excluding steroid dienone is 3. The Balaban J connectivity index is 2.55.